The summed E-state index contributed by atoms with van der Waals surface area (Å²) in [6.45, 7) is 4.16. The summed E-state index contributed by atoms with van der Waals surface area (Å²) < 4.78 is 1.58. The number of hydrogen-bond donors (Lipinski definition) is 0. The minimum absolute atomic E-state index is 0.396. The zero-order valence-electron chi connectivity index (χ0n) is 8.12. The average Bonchev–Trinajstić information content (AvgIpc) is 2.71. The maximum absolute atomic E-state index is 4.28. The van der Waals surface area contributed by atoms with Gasteiger partial charge in [0.2, 0.25) is 0 Å². The molecule has 0 unspecified atom stereocenters. The Kier molecular flexibility index (Phi) is 2.22. The van der Waals surface area contributed by atoms with Crippen molar-refractivity contribution in [2.24, 2.45) is 0 Å². The van der Waals surface area contributed by atoms with Gasteiger partial charge in [0.15, 0.2) is 5.82 Å². The van der Waals surface area contributed by atoms with Crippen molar-refractivity contribution in [1.29, 1.82) is 0 Å². The van der Waals surface area contributed by atoms with E-state index < -0.39 is 0 Å². The van der Waals surface area contributed by atoms with E-state index in [0.29, 0.717) is 11.7 Å². The summed E-state index contributed by atoms with van der Waals surface area (Å²) in [5.74, 6) is 1.08. The first-order valence-electron chi connectivity index (χ1n) is 4.46. The normalized spacial score (nSPS) is 10.8. The van der Waals surface area contributed by atoms with Gasteiger partial charge >= 0.3 is 0 Å². The lowest BCUT2D eigenvalue weighted by Crippen LogP contribution is -2.01. The van der Waals surface area contributed by atoms with Crippen LogP contribution >= 0.6 is 0 Å². The minimum Gasteiger partial charge on any atom is -0.255 e. The standard InChI is InChI=1S/C9H11N5/c1-7(2)8-5-11-9(6-10-8)14-4-3-12-13-14/h3-7H,1-2H3. The van der Waals surface area contributed by atoms with Crippen molar-refractivity contribution in [3.63, 3.8) is 0 Å². The van der Waals surface area contributed by atoms with Gasteiger partial charge in [-0.25, -0.2) is 9.67 Å². The minimum atomic E-state index is 0.396. The molecule has 2 aromatic heterocycles. The molecule has 14 heavy (non-hydrogen) atoms. The van der Waals surface area contributed by atoms with Gasteiger partial charge < -0.3 is 0 Å². The lowest BCUT2D eigenvalue weighted by Gasteiger charge is -2.03. The van der Waals surface area contributed by atoms with E-state index in [2.05, 4.69) is 34.1 Å². The summed E-state index contributed by atoms with van der Waals surface area (Å²) in [6, 6.07) is 0. The highest BCUT2D eigenvalue weighted by atomic mass is 15.4. The molecule has 0 saturated carbocycles. The third-order valence-corrected chi connectivity index (χ3v) is 1.91. The van der Waals surface area contributed by atoms with Crippen LogP contribution in [0.1, 0.15) is 25.5 Å². The molecule has 0 radical (unpaired) electrons. The van der Waals surface area contributed by atoms with Gasteiger partial charge in [0.05, 0.1) is 30.5 Å². The summed E-state index contributed by atoms with van der Waals surface area (Å²) in [5, 5.41) is 7.53. The summed E-state index contributed by atoms with van der Waals surface area (Å²) in [4.78, 5) is 8.52. The van der Waals surface area contributed by atoms with Crippen molar-refractivity contribution in [2.75, 3.05) is 0 Å². The van der Waals surface area contributed by atoms with Crippen LogP contribution in [0.2, 0.25) is 0 Å². The van der Waals surface area contributed by atoms with E-state index in [-0.39, 0.29) is 0 Å². The molecule has 2 aromatic rings. The molecular formula is C9H11N5. The zero-order valence-corrected chi connectivity index (χ0v) is 8.12. The third-order valence-electron chi connectivity index (χ3n) is 1.91. The second-order valence-corrected chi connectivity index (χ2v) is 3.30. The average molecular weight is 189 g/mol. The molecular weight excluding hydrogens is 178 g/mol. The first-order valence-corrected chi connectivity index (χ1v) is 4.46. The molecule has 0 fully saturated rings. The van der Waals surface area contributed by atoms with Crippen LogP contribution in [0.3, 0.4) is 0 Å². The molecule has 0 amide bonds. The Morgan fingerprint density at radius 2 is 2.07 bits per heavy atom. The Morgan fingerprint density at radius 3 is 2.57 bits per heavy atom. The van der Waals surface area contributed by atoms with E-state index >= 15 is 0 Å². The van der Waals surface area contributed by atoms with Gasteiger partial charge in [0.1, 0.15) is 0 Å². The Bertz CT molecular complexity index is 390. The molecule has 0 atom stereocenters. The largest absolute Gasteiger partial charge is 0.255 e. The molecule has 0 aliphatic carbocycles. The molecule has 0 bridgehead atoms. The Hall–Kier alpha value is -1.78. The maximum atomic E-state index is 4.28. The van der Waals surface area contributed by atoms with E-state index in [4.69, 9.17) is 0 Å². The van der Waals surface area contributed by atoms with Crippen LogP contribution in [-0.4, -0.2) is 25.0 Å². The van der Waals surface area contributed by atoms with Crippen molar-refractivity contribution in [2.45, 2.75) is 19.8 Å². The Labute approximate surface area is 81.8 Å². The topological polar surface area (TPSA) is 56.5 Å². The van der Waals surface area contributed by atoms with Crippen LogP contribution in [-0.2, 0) is 0 Å². The van der Waals surface area contributed by atoms with Crippen LogP contribution < -0.4 is 0 Å². The monoisotopic (exact) mass is 189 g/mol. The third kappa shape index (κ3) is 1.61. The first kappa shape index (κ1) is 8.80. The van der Waals surface area contributed by atoms with E-state index in [0.717, 1.165) is 5.69 Å². The lowest BCUT2D eigenvalue weighted by molar-refractivity contribution is 0.756. The SMILES string of the molecule is CC(C)c1cnc(-n2ccnn2)cn1. The summed E-state index contributed by atoms with van der Waals surface area (Å²) in [5.41, 5.74) is 0.980. The van der Waals surface area contributed by atoms with Gasteiger partial charge in [-0.2, -0.15) is 0 Å². The van der Waals surface area contributed by atoms with Crippen LogP contribution in [0.15, 0.2) is 24.8 Å². The molecule has 0 aliphatic rings. The zero-order chi connectivity index (χ0) is 9.97. The van der Waals surface area contributed by atoms with Gasteiger partial charge in [-0.1, -0.05) is 19.1 Å². The van der Waals surface area contributed by atoms with Crippen LogP contribution in [0.25, 0.3) is 5.82 Å². The predicted molar refractivity (Wildman–Crippen MR) is 51.0 cm³/mol. The fourth-order valence-electron chi connectivity index (χ4n) is 1.08. The van der Waals surface area contributed by atoms with Gasteiger partial charge in [0, 0.05) is 0 Å². The molecule has 2 rings (SSSR count). The Balaban J connectivity index is 2.31. The molecule has 2 heterocycles. The molecule has 5 nitrogen and oxygen atoms in total. The highest BCUT2D eigenvalue weighted by Gasteiger charge is 2.02. The van der Waals surface area contributed by atoms with Crippen LogP contribution in [0.5, 0.6) is 0 Å². The molecule has 0 aliphatic heterocycles. The number of nitrogens with zero attached hydrogens (tertiary/aromatic N) is 5. The predicted octanol–water partition coefficient (Wildman–Crippen LogP) is 1.18. The van der Waals surface area contributed by atoms with Crippen molar-refractivity contribution in [3.05, 3.63) is 30.5 Å². The Morgan fingerprint density at radius 1 is 1.21 bits per heavy atom. The second kappa shape index (κ2) is 3.53. The smallest absolute Gasteiger partial charge is 0.173 e. The highest BCUT2D eigenvalue weighted by molar-refractivity contribution is 5.17. The van der Waals surface area contributed by atoms with Crippen molar-refractivity contribution >= 4 is 0 Å². The van der Waals surface area contributed by atoms with Gasteiger partial charge in [-0.15, -0.1) is 5.10 Å². The van der Waals surface area contributed by atoms with E-state index in [1.54, 1.807) is 29.5 Å². The molecule has 0 aromatic carbocycles. The molecule has 0 N–H and O–H groups in total. The fraction of sp³-hybridized carbons (Fsp3) is 0.333. The summed E-state index contributed by atoms with van der Waals surface area (Å²) in [6.07, 6.45) is 6.81. The second-order valence-electron chi connectivity index (χ2n) is 3.30. The number of aromatic nitrogens is 5. The van der Waals surface area contributed by atoms with Crippen LogP contribution in [0, 0.1) is 0 Å². The van der Waals surface area contributed by atoms with Gasteiger partial charge in [-0.05, 0) is 5.92 Å². The van der Waals surface area contributed by atoms with Crippen LogP contribution in [0.4, 0.5) is 0 Å². The van der Waals surface area contributed by atoms with Crippen molar-refractivity contribution in [1.82, 2.24) is 25.0 Å². The first-order chi connectivity index (χ1) is 6.77. The molecule has 0 spiro atoms. The lowest BCUT2D eigenvalue weighted by atomic mass is 10.1. The number of hydrogen-bond acceptors (Lipinski definition) is 4. The molecule has 5 heteroatoms. The van der Waals surface area contributed by atoms with Crippen molar-refractivity contribution in [3.8, 4) is 5.82 Å². The van der Waals surface area contributed by atoms with Gasteiger partial charge in [0.25, 0.3) is 0 Å². The summed E-state index contributed by atoms with van der Waals surface area (Å²) in [7, 11) is 0. The number of rotatable bonds is 2. The fourth-order valence-corrected chi connectivity index (χ4v) is 1.08. The van der Waals surface area contributed by atoms with E-state index in [1.165, 1.54) is 0 Å². The molecule has 72 valence electrons. The van der Waals surface area contributed by atoms with E-state index in [1.807, 2.05) is 0 Å². The highest BCUT2D eigenvalue weighted by Crippen LogP contribution is 2.09. The summed E-state index contributed by atoms with van der Waals surface area (Å²) >= 11 is 0. The molecule has 0 saturated heterocycles. The van der Waals surface area contributed by atoms with Gasteiger partial charge in [-0.3, -0.25) is 4.98 Å². The van der Waals surface area contributed by atoms with Crippen molar-refractivity contribution < 1.29 is 0 Å². The maximum Gasteiger partial charge on any atom is 0.173 e. The van der Waals surface area contributed by atoms with E-state index in [9.17, 15) is 0 Å². The quantitative estimate of drug-likeness (QED) is 0.711.